The van der Waals surface area contributed by atoms with Crippen molar-refractivity contribution in [3.63, 3.8) is 0 Å². The molecule has 82 valence electrons. The van der Waals surface area contributed by atoms with E-state index in [0.717, 1.165) is 23.4 Å². The number of carbonyl (C=O) groups is 1. The highest BCUT2D eigenvalue weighted by Gasteiger charge is 2.10. The molecule has 0 saturated heterocycles. The van der Waals surface area contributed by atoms with Crippen molar-refractivity contribution in [1.82, 2.24) is 14.8 Å². The molecule has 0 N–H and O–H groups in total. The number of carbonyl (C=O) groups excluding carboxylic acids is 1. The van der Waals surface area contributed by atoms with Gasteiger partial charge in [0.2, 0.25) is 0 Å². The molecule has 0 aliphatic carbocycles. The molecular weight excluding hydrogens is 226 g/mol. The van der Waals surface area contributed by atoms with Crippen molar-refractivity contribution in [2.45, 2.75) is 13.8 Å². The van der Waals surface area contributed by atoms with Gasteiger partial charge in [-0.3, -0.25) is 9.78 Å². The predicted molar refractivity (Wildman–Crippen MR) is 61.2 cm³/mol. The smallest absolute Gasteiger partial charge is 0.151 e. The van der Waals surface area contributed by atoms with E-state index in [-0.39, 0.29) is 0 Å². The average molecular weight is 236 g/mol. The van der Waals surface area contributed by atoms with Crippen LogP contribution in [-0.2, 0) is 0 Å². The van der Waals surface area contributed by atoms with Crippen LogP contribution in [-0.4, -0.2) is 21.1 Å². The topological polar surface area (TPSA) is 47.8 Å². The summed E-state index contributed by atoms with van der Waals surface area (Å²) in [5.74, 6) is 0. The fourth-order valence-corrected chi connectivity index (χ4v) is 1.62. The molecule has 2 aromatic rings. The van der Waals surface area contributed by atoms with Crippen LogP contribution in [0.2, 0.25) is 5.02 Å². The van der Waals surface area contributed by atoms with Crippen LogP contribution in [0.15, 0.2) is 18.5 Å². The largest absolute Gasteiger partial charge is 0.298 e. The Hall–Kier alpha value is -1.68. The van der Waals surface area contributed by atoms with Crippen LogP contribution < -0.4 is 0 Å². The van der Waals surface area contributed by atoms with E-state index in [2.05, 4.69) is 10.1 Å². The van der Waals surface area contributed by atoms with Crippen LogP contribution in [0.3, 0.4) is 0 Å². The summed E-state index contributed by atoms with van der Waals surface area (Å²) in [6.07, 6.45) is 3.90. The second-order valence-electron chi connectivity index (χ2n) is 3.49. The van der Waals surface area contributed by atoms with Crippen molar-refractivity contribution in [3.05, 3.63) is 40.4 Å². The van der Waals surface area contributed by atoms with Gasteiger partial charge in [-0.15, -0.1) is 0 Å². The zero-order chi connectivity index (χ0) is 11.7. The van der Waals surface area contributed by atoms with Crippen LogP contribution >= 0.6 is 11.6 Å². The van der Waals surface area contributed by atoms with Crippen molar-refractivity contribution < 1.29 is 4.79 Å². The van der Waals surface area contributed by atoms with E-state index >= 15 is 0 Å². The molecule has 0 aromatic carbocycles. The fraction of sp³-hybridized carbons (Fsp3) is 0.182. The Bertz CT molecular complexity index is 548. The Morgan fingerprint density at radius 1 is 1.38 bits per heavy atom. The van der Waals surface area contributed by atoms with Gasteiger partial charge in [0.1, 0.15) is 0 Å². The van der Waals surface area contributed by atoms with Crippen LogP contribution in [0.5, 0.6) is 0 Å². The SMILES string of the molecule is Cc1nn(-c2cncc(C=O)c2)c(C)c1Cl. The van der Waals surface area contributed by atoms with Crippen molar-refractivity contribution >= 4 is 17.9 Å². The van der Waals surface area contributed by atoms with E-state index in [1.807, 2.05) is 13.8 Å². The normalized spacial score (nSPS) is 10.4. The van der Waals surface area contributed by atoms with Gasteiger partial charge in [-0.05, 0) is 19.9 Å². The first-order valence-corrected chi connectivity index (χ1v) is 5.13. The lowest BCUT2D eigenvalue weighted by Gasteiger charge is -2.03. The number of hydrogen-bond donors (Lipinski definition) is 0. The predicted octanol–water partition coefficient (Wildman–Crippen LogP) is 2.35. The molecule has 2 aromatic heterocycles. The molecule has 0 spiro atoms. The maximum atomic E-state index is 10.7. The molecule has 2 heterocycles. The number of aryl methyl sites for hydroxylation is 1. The molecule has 4 nitrogen and oxygen atoms in total. The first kappa shape index (κ1) is 10.8. The Kier molecular flexibility index (Phi) is 2.75. The number of hydrogen-bond acceptors (Lipinski definition) is 3. The van der Waals surface area contributed by atoms with E-state index in [1.54, 1.807) is 16.9 Å². The van der Waals surface area contributed by atoms with E-state index < -0.39 is 0 Å². The third kappa shape index (κ3) is 1.72. The third-order valence-electron chi connectivity index (χ3n) is 2.33. The van der Waals surface area contributed by atoms with Gasteiger partial charge in [0.15, 0.2) is 6.29 Å². The highest BCUT2D eigenvalue weighted by atomic mass is 35.5. The van der Waals surface area contributed by atoms with Gasteiger partial charge >= 0.3 is 0 Å². The maximum absolute atomic E-state index is 10.7. The molecule has 2 rings (SSSR count). The lowest BCUT2D eigenvalue weighted by Crippen LogP contribution is -2.00. The monoisotopic (exact) mass is 235 g/mol. The lowest BCUT2D eigenvalue weighted by molar-refractivity contribution is 0.112. The number of aromatic nitrogens is 3. The summed E-state index contributed by atoms with van der Waals surface area (Å²) >= 11 is 6.05. The quantitative estimate of drug-likeness (QED) is 0.751. The first-order chi connectivity index (χ1) is 7.63. The van der Waals surface area contributed by atoms with Gasteiger partial charge < -0.3 is 0 Å². The van der Waals surface area contributed by atoms with E-state index in [4.69, 9.17) is 11.6 Å². The van der Waals surface area contributed by atoms with Gasteiger partial charge in [-0.1, -0.05) is 11.6 Å². The Labute approximate surface area is 97.9 Å². The Morgan fingerprint density at radius 2 is 2.12 bits per heavy atom. The second-order valence-corrected chi connectivity index (χ2v) is 3.87. The van der Waals surface area contributed by atoms with Crippen molar-refractivity contribution in [3.8, 4) is 5.69 Å². The van der Waals surface area contributed by atoms with Gasteiger partial charge in [0.25, 0.3) is 0 Å². The molecule has 16 heavy (non-hydrogen) atoms. The molecule has 0 amide bonds. The average Bonchev–Trinajstić information content (AvgIpc) is 2.57. The summed E-state index contributed by atoms with van der Waals surface area (Å²) in [6.45, 7) is 3.71. The fourth-order valence-electron chi connectivity index (χ4n) is 1.50. The number of pyridine rings is 1. The van der Waals surface area contributed by atoms with E-state index in [1.165, 1.54) is 6.20 Å². The molecule has 0 aliphatic heterocycles. The van der Waals surface area contributed by atoms with Crippen molar-refractivity contribution in [2.24, 2.45) is 0 Å². The highest BCUT2D eigenvalue weighted by Crippen LogP contribution is 2.22. The summed E-state index contributed by atoms with van der Waals surface area (Å²) < 4.78 is 1.68. The number of halogens is 1. The van der Waals surface area contributed by atoms with Crippen LogP contribution in [0, 0.1) is 13.8 Å². The maximum Gasteiger partial charge on any atom is 0.151 e. The van der Waals surface area contributed by atoms with Crippen LogP contribution in [0.25, 0.3) is 5.69 Å². The van der Waals surface area contributed by atoms with Crippen molar-refractivity contribution in [2.75, 3.05) is 0 Å². The minimum Gasteiger partial charge on any atom is -0.298 e. The zero-order valence-corrected chi connectivity index (χ0v) is 9.69. The summed E-state index contributed by atoms with van der Waals surface area (Å²) in [6, 6.07) is 1.72. The molecule has 0 saturated carbocycles. The summed E-state index contributed by atoms with van der Waals surface area (Å²) in [5.41, 5.74) is 2.85. The minimum atomic E-state index is 0.515. The molecule has 5 heteroatoms. The summed E-state index contributed by atoms with van der Waals surface area (Å²) in [7, 11) is 0. The number of aldehydes is 1. The number of rotatable bonds is 2. The molecule has 0 unspecified atom stereocenters. The number of nitrogens with zero attached hydrogens (tertiary/aromatic N) is 3. The lowest BCUT2D eigenvalue weighted by atomic mass is 10.3. The highest BCUT2D eigenvalue weighted by molar-refractivity contribution is 6.31. The second kappa shape index (κ2) is 4.06. The van der Waals surface area contributed by atoms with E-state index in [0.29, 0.717) is 10.6 Å². The summed E-state index contributed by atoms with van der Waals surface area (Å²) in [4.78, 5) is 14.6. The third-order valence-corrected chi connectivity index (χ3v) is 2.88. The zero-order valence-electron chi connectivity index (χ0n) is 8.94. The molecule has 0 atom stereocenters. The Balaban J connectivity index is 2.58. The minimum absolute atomic E-state index is 0.515. The van der Waals surface area contributed by atoms with Gasteiger partial charge in [-0.25, -0.2) is 4.68 Å². The van der Waals surface area contributed by atoms with E-state index in [9.17, 15) is 4.79 Å². The van der Waals surface area contributed by atoms with Crippen LogP contribution in [0.1, 0.15) is 21.7 Å². The molecule has 0 radical (unpaired) electrons. The standard InChI is InChI=1S/C11H10ClN3O/c1-7-11(12)8(2)15(14-7)10-3-9(6-16)4-13-5-10/h3-6H,1-2H3. The van der Waals surface area contributed by atoms with Crippen molar-refractivity contribution in [1.29, 1.82) is 0 Å². The van der Waals surface area contributed by atoms with Gasteiger partial charge in [0.05, 0.1) is 28.3 Å². The molecule has 0 bridgehead atoms. The summed E-state index contributed by atoms with van der Waals surface area (Å²) in [5, 5.41) is 4.92. The van der Waals surface area contributed by atoms with Gasteiger partial charge in [-0.2, -0.15) is 5.10 Å². The molecule has 0 fully saturated rings. The first-order valence-electron chi connectivity index (χ1n) is 4.76. The Morgan fingerprint density at radius 3 is 2.69 bits per heavy atom. The molecular formula is C11H10ClN3O. The molecule has 0 aliphatic rings. The van der Waals surface area contributed by atoms with Crippen LogP contribution in [0.4, 0.5) is 0 Å². The van der Waals surface area contributed by atoms with Gasteiger partial charge in [0, 0.05) is 11.8 Å².